The molecule has 0 aliphatic heterocycles. The van der Waals surface area contributed by atoms with E-state index in [9.17, 15) is 5.11 Å². The lowest BCUT2D eigenvalue weighted by Crippen LogP contribution is -2.33. The van der Waals surface area contributed by atoms with Gasteiger partial charge in [-0.1, -0.05) is 28.9 Å². The first kappa shape index (κ1) is 17.5. The molecule has 0 radical (unpaired) electrons. The van der Waals surface area contributed by atoms with Crippen molar-refractivity contribution in [2.24, 2.45) is 0 Å². The Kier molecular flexibility index (Phi) is 7.56. The van der Waals surface area contributed by atoms with Crippen LogP contribution in [-0.2, 0) is 0 Å². The van der Waals surface area contributed by atoms with E-state index in [2.05, 4.69) is 72.0 Å². The van der Waals surface area contributed by atoms with Gasteiger partial charge >= 0.3 is 0 Å². The Morgan fingerprint density at radius 1 is 1.30 bits per heavy atom. The van der Waals surface area contributed by atoms with Gasteiger partial charge in [-0.3, -0.25) is 0 Å². The van der Waals surface area contributed by atoms with E-state index in [-0.39, 0.29) is 6.61 Å². The van der Waals surface area contributed by atoms with Crippen molar-refractivity contribution in [2.45, 2.75) is 46.2 Å². The van der Waals surface area contributed by atoms with E-state index >= 15 is 0 Å². The molecular formula is C16H27BrN2O. The largest absolute Gasteiger partial charge is 0.395 e. The van der Waals surface area contributed by atoms with Crippen molar-refractivity contribution in [3.63, 3.8) is 0 Å². The number of nitrogens with one attached hydrogen (secondary N) is 1. The summed E-state index contributed by atoms with van der Waals surface area (Å²) in [5.74, 6) is 0. The number of hydrogen-bond acceptors (Lipinski definition) is 3. The molecular weight excluding hydrogens is 316 g/mol. The fourth-order valence-corrected chi connectivity index (χ4v) is 3.02. The maximum atomic E-state index is 9.19. The molecule has 2 N–H and O–H groups in total. The van der Waals surface area contributed by atoms with Crippen LogP contribution < -0.4 is 10.2 Å². The van der Waals surface area contributed by atoms with Crippen molar-refractivity contribution in [3.8, 4) is 0 Å². The van der Waals surface area contributed by atoms with Gasteiger partial charge in [0.2, 0.25) is 0 Å². The van der Waals surface area contributed by atoms with Gasteiger partial charge in [0.1, 0.15) is 0 Å². The molecule has 1 aromatic carbocycles. The highest BCUT2D eigenvalue weighted by atomic mass is 79.9. The summed E-state index contributed by atoms with van der Waals surface area (Å²) in [6, 6.07) is 7.16. The minimum atomic E-state index is 0.173. The summed E-state index contributed by atoms with van der Waals surface area (Å²) >= 11 is 3.68. The molecule has 0 amide bonds. The fourth-order valence-electron chi connectivity index (χ4n) is 2.31. The smallest absolute Gasteiger partial charge is 0.0606 e. The molecule has 4 heteroatoms. The number of rotatable bonds is 8. The van der Waals surface area contributed by atoms with Crippen LogP contribution in [0.1, 0.15) is 45.7 Å². The van der Waals surface area contributed by atoms with Crippen LogP contribution >= 0.6 is 15.9 Å². The van der Waals surface area contributed by atoms with Crippen LogP contribution in [0.25, 0.3) is 0 Å². The molecule has 0 aliphatic carbocycles. The Balaban J connectivity index is 2.91. The third kappa shape index (κ3) is 4.76. The molecule has 0 saturated carbocycles. The first-order chi connectivity index (χ1) is 9.51. The molecule has 0 aliphatic rings. The van der Waals surface area contributed by atoms with Gasteiger partial charge in [0.05, 0.1) is 6.61 Å². The van der Waals surface area contributed by atoms with E-state index in [1.807, 2.05) is 0 Å². The Hall–Kier alpha value is -0.580. The number of benzene rings is 1. The highest BCUT2D eigenvalue weighted by Crippen LogP contribution is 2.29. The van der Waals surface area contributed by atoms with E-state index in [1.165, 1.54) is 5.56 Å². The van der Waals surface area contributed by atoms with Gasteiger partial charge in [-0.05, 0) is 51.4 Å². The lowest BCUT2D eigenvalue weighted by Gasteiger charge is -2.29. The second-order valence-electron chi connectivity index (χ2n) is 5.39. The van der Waals surface area contributed by atoms with E-state index in [0.717, 1.165) is 23.1 Å². The first-order valence-corrected chi connectivity index (χ1v) is 8.20. The summed E-state index contributed by atoms with van der Waals surface area (Å²) in [7, 11) is 0. The predicted octanol–water partition coefficient (Wildman–Crippen LogP) is 3.72. The van der Waals surface area contributed by atoms with Crippen molar-refractivity contribution >= 4 is 21.6 Å². The molecule has 1 rings (SSSR count). The van der Waals surface area contributed by atoms with Crippen LogP contribution in [0.15, 0.2) is 22.7 Å². The zero-order valence-corrected chi connectivity index (χ0v) is 14.6. The number of hydrogen-bond donors (Lipinski definition) is 2. The third-order valence-corrected chi connectivity index (χ3v) is 4.13. The molecule has 0 aromatic heterocycles. The van der Waals surface area contributed by atoms with Gasteiger partial charge in [-0.25, -0.2) is 0 Å². The molecule has 0 heterocycles. The molecule has 20 heavy (non-hydrogen) atoms. The van der Waals surface area contributed by atoms with E-state index < -0.39 is 0 Å². The summed E-state index contributed by atoms with van der Waals surface area (Å²) in [5, 5.41) is 12.7. The van der Waals surface area contributed by atoms with Crippen LogP contribution in [0.2, 0.25) is 0 Å². The topological polar surface area (TPSA) is 35.5 Å². The van der Waals surface area contributed by atoms with Crippen molar-refractivity contribution in [3.05, 3.63) is 28.2 Å². The highest BCUT2D eigenvalue weighted by Gasteiger charge is 2.14. The Morgan fingerprint density at radius 3 is 2.50 bits per heavy atom. The minimum Gasteiger partial charge on any atom is -0.395 e. The summed E-state index contributed by atoms with van der Waals surface area (Å²) in [6.45, 7) is 10.5. The van der Waals surface area contributed by atoms with E-state index in [0.29, 0.717) is 18.6 Å². The minimum absolute atomic E-state index is 0.173. The molecule has 114 valence electrons. The zero-order chi connectivity index (χ0) is 15.1. The number of anilines is 1. The lowest BCUT2D eigenvalue weighted by atomic mass is 10.1. The summed E-state index contributed by atoms with van der Waals surface area (Å²) in [5.41, 5.74) is 2.42. The fraction of sp³-hybridized carbons (Fsp3) is 0.625. The molecule has 1 aromatic rings. The third-order valence-electron chi connectivity index (χ3n) is 3.45. The summed E-state index contributed by atoms with van der Waals surface area (Å²) in [4.78, 5) is 2.21. The highest BCUT2D eigenvalue weighted by molar-refractivity contribution is 9.10. The quantitative estimate of drug-likeness (QED) is 0.755. The number of aliphatic hydroxyl groups is 1. The molecule has 0 fully saturated rings. The van der Waals surface area contributed by atoms with Crippen molar-refractivity contribution in [1.29, 1.82) is 0 Å². The SMILES string of the molecule is CCCNC(C)c1ccc(N(CCO)C(C)C)cc1Br. The van der Waals surface area contributed by atoms with Gasteiger partial charge in [-0.15, -0.1) is 0 Å². The standard InChI is InChI=1S/C16H27BrN2O/c1-5-8-18-13(4)15-7-6-14(11-16(15)17)19(9-10-20)12(2)3/h6-7,11-13,18,20H,5,8-10H2,1-4H3. The Morgan fingerprint density at radius 2 is 2.00 bits per heavy atom. The maximum Gasteiger partial charge on any atom is 0.0606 e. The number of halogens is 1. The second kappa shape index (κ2) is 8.65. The number of nitrogens with zero attached hydrogens (tertiary/aromatic N) is 1. The summed E-state index contributed by atoms with van der Waals surface area (Å²) in [6.07, 6.45) is 1.14. The van der Waals surface area contributed by atoms with Crippen molar-refractivity contribution in [1.82, 2.24) is 5.32 Å². The van der Waals surface area contributed by atoms with Gasteiger partial charge in [0, 0.05) is 28.8 Å². The molecule has 3 nitrogen and oxygen atoms in total. The van der Waals surface area contributed by atoms with Gasteiger partial charge < -0.3 is 15.3 Å². The molecule has 1 atom stereocenters. The van der Waals surface area contributed by atoms with Crippen LogP contribution in [0.5, 0.6) is 0 Å². The van der Waals surface area contributed by atoms with Crippen LogP contribution in [0.3, 0.4) is 0 Å². The van der Waals surface area contributed by atoms with Crippen LogP contribution in [0, 0.1) is 0 Å². The van der Waals surface area contributed by atoms with Crippen molar-refractivity contribution < 1.29 is 5.11 Å². The maximum absolute atomic E-state index is 9.19. The monoisotopic (exact) mass is 342 g/mol. The second-order valence-corrected chi connectivity index (χ2v) is 6.25. The van der Waals surface area contributed by atoms with Gasteiger partial charge in [0.25, 0.3) is 0 Å². The number of aliphatic hydroxyl groups excluding tert-OH is 1. The average Bonchev–Trinajstić information content (AvgIpc) is 2.41. The zero-order valence-electron chi connectivity index (χ0n) is 13.0. The molecule has 1 unspecified atom stereocenters. The molecule has 0 spiro atoms. The van der Waals surface area contributed by atoms with Crippen LogP contribution in [0.4, 0.5) is 5.69 Å². The first-order valence-electron chi connectivity index (χ1n) is 7.41. The van der Waals surface area contributed by atoms with Crippen molar-refractivity contribution in [2.75, 3.05) is 24.6 Å². The normalized spacial score (nSPS) is 12.8. The average molecular weight is 343 g/mol. The predicted molar refractivity (Wildman–Crippen MR) is 90.4 cm³/mol. The van der Waals surface area contributed by atoms with Crippen LogP contribution in [-0.4, -0.2) is 30.8 Å². The Bertz CT molecular complexity index is 409. The molecule has 0 saturated heterocycles. The Labute approximate surface area is 131 Å². The van der Waals surface area contributed by atoms with E-state index in [4.69, 9.17) is 0 Å². The van der Waals surface area contributed by atoms with Gasteiger partial charge in [-0.2, -0.15) is 0 Å². The van der Waals surface area contributed by atoms with Gasteiger partial charge in [0.15, 0.2) is 0 Å². The molecule has 0 bridgehead atoms. The van der Waals surface area contributed by atoms with E-state index in [1.54, 1.807) is 0 Å². The lowest BCUT2D eigenvalue weighted by molar-refractivity contribution is 0.299. The summed E-state index contributed by atoms with van der Waals surface area (Å²) < 4.78 is 1.12.